The maximum absolute atomic E-state index is 11.5. The molecule has 100 valence electrons. The first kappa shape index (κ1) is 14.6. The number of carbonyl (C=O) groups excluding carboxylic acids is 1. The Kier molecular flexibility index (Phi) is 7.01. The van der Waals surface area contributed by atoms with Crippen LogP contribution in [0.25, 0.3) is 0 Å². The van der Waals surface area contributed by atoms with E-state index in [4.69, 9.17) is 10.2 Å². The van der Waals surface area contributed by atoms with Gasteiger partial charge in [0, 0.05) is 19.6 Å². The number of amides is 1. The summed E-state index contributed by atoms with van der Waals surface area (Å²) in [4.78, 5) is 13.4. The lowest BCUT2D eigenvalue weighted by Gasteiger charge is -2.20. The van der Waals surface area contributed by atoms with Gasteiger partial charge in [0.25, 0.3) is 0 Å². The lowest BCUT2D eigenvalue weighted by atomic mass is 10.2. The van der Waals surface area contributed by atoms with Crippen LogP contribution in [0.1, 0.15) is 5.56 Å². The molecule has 0 bridgehead atoms. The third-order valence-corrected chi connectivity index (χ3v) is 2.47. The minimum atomic E-state index is -0.145. The van der Waals surface area contributed by atoms with Crippen LogP contribution < -0.4 is 5.32 Å². The molecule has 0 saturated carbocycles. The molecule has 0 aliphatic heterocycles. The normalized spacial score (nSPS) is 10.6. The van der Waals surface area contributed by atoms with E-state index < -0.39 is 0 Å². The van der Waals surface area contributed by atoms with E-state index in [1.807, 2.05) is 35.2 Å². The molecule has 5 heteroatoms. The van der Waals surface area contributed by atoms with Crippen molar-refractivity contribution in [3.8, 4) is 0 Å². The lowest BCUT2D eigenvalue weighted by Crippen LogP contribution is -2.39. The fourth-order valence-electron chi connectivity index (χ4n) is 1.65. The molecule has 0 heterocycles. The fraction of sp³-hybridized carbons (Fsp3) is 0.462. The number of hydrogen-bond donors (Lipinski definition) is 3. The van der Waals surface area contributed by atoms with Gasteiger partial charge >= 0.3 is 0 Å². The van der Waals surface area contributed by atoms with Crippen molar-refractivity contribution in [2.75, 3.05) is 32.8 Å². The van der Waals surface area contributed by atoms with Gasteiger partial charge in [-0.15, -0.1) is 0 Å². The van der Waals surface area contributed by atoms with E-state index in [0.29, 0.717) is 13.1 Å². The molecule has 0 aliphatic carbocycles. The smallest absolute Gasteiger partial charge is 0.234 e. The summed E-state index contributed by atoms with van der Waals surface area (Å²) in [6, 6.07) is 9.79. The summed E-state index contributed by atoms with van der Waals surface area (Å²) in [7, 11) is 0. The van der Waals surface area contributed by atoms with Crippen molar-refractivity contribution in [3.63, 3.8) is 0 Å². The summed E-state index contributed by atoms with van der Waals surface area (Å²) < 4.78 is 0. The van der Waals surface area contributed by atoms with Gasteiger partial charge in [0.05, 0.1) is 19.8 Å². The van der Waals surface area contributed by atoms with Crippen LogP contribution in [0, 0.1) is 0 Å². The minimum absolute atomic E-state index is 0.0140. The van der Waals surface area contributed by atoms with Gasteiger partial charge in [-0.1, -0.05) is 30.3 Å². The molecule has 1 aromatic carbocycles. The van der Waals surface area contributed by atoms with Gasteiger partial charge in [-0.25, -0.2) is 0 Å². The molecule has 0 atom stereocenters. The van der Waals surface area contributed by atoms with Crippen LogP contribution in [-0.2, 0) is 11.3 Å². The van der Waals surface area contributed by atoms with Gasteiger partial charge in [-0.05, 0) is 5.56 Å². The Balaban J connectivity index is 2.46. The van der Waals surface area contributed by atoms with Gasteiger partial charge in [-0.3, -0.25) is 9.69 Å². The zero-order valence-corrected chi connectivity index (χ0v) is 10.4. The third-order valence-electron chi connectivity index (χ3n) is 2.47. The zero-order valence-electron chi connectivity index (χ0n) is 10.4. The monoisotopic (exact) mass is 252 g/mol. The molecule has 3 N–H and O–H groups in total. The summed E-state index contributed by atoms with van der Waals surface area (Å²) >= 11 is 0. The predicted octanol–water partition coefficient (Wildman–Crippen LogP) is -0.411. The van der Waals surface area contributed by atoms with Crippen molar-refractivity contribution < 1.29 is 15.0 Å². The van der Waals surface area contributed by atoms with E-state index >= 15 is 0 Å². The van der Waals surface area contributed by atoms with E-state index in [2.05, 4.69) is 5.32 Å². The maximum atomic E-state index is 11.5. The SMILES string of the molecule is O=C(CN(CCO)Cc1ccccc1)NCCO. The molecular formula is C13H20N2O3. The quantitative estimate of drug-likeness (QED) is 0.588. The molecule has 1 amide bonds. The zero-order chi connectivity index (χ0) is 13.2. The highest BCUT2D eigenvalue weighted by molar-refractivity contribution is 5.77. The van der Waals surface area contributed by atoms with E-state index in [9.17, 15) is 4.79 Å². The molecular weight excluding hydrogens is 232 g/mol. The Hall–Kier alpha value is -1.43. The highest BCUT2D eigenvalue weighted by atomic mass is 16.3. The van der Waals surface area contributed by atoms with E-state index in [1.54, 1.807) is 0 Å². The number of benzene rings is 1. The van der Waals surface area contributed by atoms with Gasteiger partial charge in [0.15, 0.2) is 0 Å². The summed E-state index contributed by atoms with van der Waals surface area (Å²) in [5.74, 6) is -0.145. The first-order valence-electron chi connectivity index (χ1n) is 6.01. The van der Waals surface area contributed by atoms with Crippen LogP contribution in [0.4, 0.5) is 0 Å². The molecule has 18 heavy (non-hydrogen) atoms. The standard InChI is InChI=1S/C13H20N2O3/c16-8-6-14-13(18)11-15(7-9-17)10-12-4-2-1-3-5-12/h1-5,16-17H,6-11H2,(H,14,18). The number of aliphatic hydroxyl groups is 2. The Morgan fingerprint density at radius 1 is 1.17 bits per heavy atom. The summed E-state index contributed by atoms with van der Waals surface area (Å²) in [6.07, 6.45) is 0. The van der Waals surface area contributed by atoms with Crippen molar-refractivity contribution in [2.45, 2.75) is 6.54 Å². The molecule has 5 nitrogen and oxygen atoms in total. The number of carbonyl (C=O) groups is 1. The molecule has 0 saturated heterocycles. The van der Waals surface area contributed by atoms with Gasteiger partial charge < -0.3 is 15.5 Å². The molecule has 1 rings (SSSR count). The van der Waals surface area contributed by atoms with E-state index in [1.165, 1.54) is 0 Å². The van der Waals surface area contributed by atoms with Crippen molar-refractivity contribution in [3.05, 3.63) is 35.9 Å². The highest BCUT2D eigenvalue weighted by Crippen LogP contribution is 2.03. The Morgan fingerprint density at radius 3 is 2.50 bits per heavy atom. The number of nitrogens with zero attached hydrogens (tertiary/aromatic N) is 1. The molecule has 0 aliphatic rings. The van der Waals surface area contributed by atoms with Crippen LogP contribution in [0.3, 0.4) is 0 Å². The van der Waals surface area contributed by atoms with Gasteiger partial charge in [0.2, 0.25) is 5.91 Å². The summed E-state index contributed by atoms with van der Waals surface area (Å²) in [5, 5.41) is 20.2. The largest absolute Gasteiger partial charge is 0.395 e. The Morgan fingerprint density at radius 2 is 1.89 bits per heavy atom. The van der Waals surface area contributed by atoms with Crippen LogP contribution >= 0.6 is 0 Å². The van der Waals surface area contributed by atoms with Gasteiger partial charge in [0.1, 0.15) is 0 Å². The second kappa shape index (κ2) is 8.63. The van der Waals surface area contributed by atoms with Crippen LogP contribution in [-0.4, -0.2) is 53.9 Å². The van der Waals surface area contributed by atoms with Crippen molar-refractivity contribution in [1.82, 2.24) is 10.2 Å². The average molecular weight is 252 g/mol. The molecule has 0 unspecified atom stereocenters. The second-order valence-corrected chi connectivity index (χ2v) is 3.99. The third kappa shape index (κ3) is 5.77. The first-order chi connectivity index (χ1) is 8.76. The number of nitrogens with one attached hydrogen (secondary N) is 1. The van der Waals surface area contributed by atoms with E-state index in [0.717, 1.165) is 5.56 Å². The lowest BCUT2D eigenvalue weighted by molar-refractivity contribution is -0.122. The fourth-order valence-corrected chi connectivity index (χ4v) is 1.65. The summed E-state index contributed by atoms with van der Waals surface area (Å²) in [5.41, 5.74) is 1.10. The van der Waals surface area contributed by atoms with Crippen LogP contribution in [0.5, 0.6) is 0 Å². The van der Waals surface area contributed by atoms with Crippen LogP contribution in [0.15, 0.2) is 30.3 Å². The number of rotatable bonds is 8. The van der Waals surface area contributed by atoms with E-state index in [-0.39, 0.29) is 32.2 Å². The van der Waals surface area contributed by atoms with Crippen molar-refractivity contribution in [1.29, 1.82) is 0 Å². The molecule has 0 aromatic heterocycles. The molecule has 0 radical (unpaired) electrons. The highest BCUT2D eigenvalue weighted by Gasteiger charge is 2.10. The Labute approximate surface area is 107 Å². The van der Waals surface area contributed by atoms with Crippen molar-refractivity contribution >= 4 is 5.91 Å². The predicted molar refractivity (Wildman–Crippen MR) is 68.9 cm³/mol. The topological polar surface area (TPSA) is 72.8 Å². The van der Waals surface area contributed by atoms with Gasteiger partial charge in [-0.2, -0.15) is 0 Å². The minimum Gasteiger partial charge on any atom is -0.395 e. The Bertz CT molecular complexity index is 343. The van der Waals surface area contributed by atoms with Crippen LogP contribution in [0.2, 0.25) is 0 Å². The number of aliphatic hydroxyl groups excluding tert-OH is 2. The molecule has 1 aromatic rings. The summed E-state index contributed by atoms with van der Waals surface area (Å²) in [6.45, 7) is 1.49. The van der Waals surface area contributed by atoms with Crippen molar-refractivity contribution in [2.24, 2.45) is 0 Å². The average Bonchev–Trinajstić information content (AvgIpc) is 2.38. The second-order valence-electron chi connectivity index (χ2n) is 3.99. The first-order valence-corrected chi connectivity index (χ1v) is 6.01. The molecule has 0 fully saturated rings. The maximum Gasteiger partial charge on any atom is 0.234 e. The molecule has 0 spiro atoms. The number of hydrogen-bond acceptors (Lipinski definition) is 4.